The Balaban J connectivity index is 2.15. The van der Waals surface area contributed by atoms with Crippen LogP contribution < -0.4 is 4.90 Å². The number of carbonyl (C=O) groups excluding carboxylic acids is 1. The number of rotatable bonds is 4. The van der Waals surface area contributed by atoms with Gasteiger partial charge in [-0.1, -0.05) is 6.92 Å². The maximum Gasteiger partial charge on any atom is 0.358 e. The third-order valence-corrected chi connectivity index (χ3v) is 4.79. The molecule has 0 N–H and O–H groups in total. The van der Waals surface area contributed by atoms with Crippen LogP contribution in [0.5, 0.6) is 0 Å². The van der Waals surface area contributed by atoms with Crippen molar-refractivity contribution in [1.29, 1.82) is 0 Å². The van der Waals surface area contributed by atoms with E-state index in [1.807, 2.05) is 13.8 Å². The lowest BCUT2D eigenvalue weighted by molar-refractivity contribution is 0.0519. The maximum absolute atomic E-state index is 11.8. The largest absolute Gasteiger partial charge is 0.461 e. The third kappa shape index (κ3) is 2.96. The van der Waals surface area contributed by atoms with Crippen LogP contribution in [0.4, 0.5) is 5.13 Å². The summed E-state index contributed by atoms with van der Waals surface area (Å²) in [7, 11) is 4.23. The number of nitrogens with zero attached hydrogens (tertiary/aromatic N) is 3. The zero-order chi connectivity index (χ0) is 14.9. The van der Waals surface area contributed by atoms with E-state index < -0.39 is 0 Å². The minimum Gasteiger partial charge on any atom is -0.461 e. The summed E-state index contributed by atoms with van der Waals surface area (Å²) >= 11 is 1.58. The van der Waals surface area contributed by atoms with Crippen molar-refractivity contribution in [1.82, 2.24) is 9.88 Å². The highest BCUT2D eigenvalue weighted by atomic mass is 32.1. The summed E-state index contributed by atoms with van der Waals surface area (Å²) in [6.45, 7) is 8.33. The number of likely N-dealkylation sites (N-methyl/N-ethyl adjacent to an activating group) is 1. The molecule has 0 aliphatic carbocycles. The lowest BCUT2D eigenvalue weighted by Gasteiger charge is -2.22. The molecule has 1 aromatic rings. The number of hydrogen-bond acceptors (Lipinski definition) is 6. The van der Waals surface area contributed by atoms with Gasteiger partial charge in [0.2, 0.25) is 0 Å². The Morgan fingerprint density at radius 2 is 2.20 bits per heavy atom. The first kappa shape index (κ1) is 15.3. The van der Waals surface area contributed by atoms with Crippen LogP contribution in [-0.2, 0) is 4.74 Å². The predicted molar refractivity (Wildman–Crippen MR) is 81.7 cm³/mol. The molecule has 1 aliphatic rings. The molecular formula is C14H23N3O2S. The van der Waals surface area contributed by atoms with Crippen molar-refractivity contribution < 1.29 is 9.53 Å². The first-order valence-corrected chi connectivity index (χ1v) is 7.81. The molecule has 2 heterocycles. The normalized spacial score (nSPS) is 22.6. The number of esters is 1. The summed E-state index contributed by atoms with van der Waals surface area (Å²) in [4.78, 5) is 21.8. The molecule has 0 aromatic carbocycles. The number of aromatic nitrogens is 1. The fourth-order valence-corrected chi connectivity index (χ4v) is 3.60. The van der Waals surface area contributed by atoms with Gasteiger partial charge in [0.25, 0.3) is 0 Å². The van der Waals surface area contributed by atoms with E-state index in [9.17, 15) is 4.79 Å². The van der Waals surface area contributed by atoms with E-state index in [1.165, 1.54) is 0 Å². The van der Waals surface area contributed by atoms with Crippen LogP contribution in [0.2, 0.25) is 0 Å². The van der Waals surface area contributed by atoms with Crippen LogP contribution >= 0.6 is 11.3 Å². The van der Waals surface area contributed by atoms with Crippen LogP contribution in [0.25, 0.3) is 0 Å². The van der Waals surface area contributed by atoms with Gasteiger partial charge in [-0.25, -0.2) is 9.78 Å². The zero-order valence-electron chi connectivity index (χ0n) is 12.8. The number of hydrogen-bond donors (Lipinski definition) is 0. The van der Waals surface area contributed by atoms with Crippen molar-refractivity contribution in [3.8, 4) is 0 Å². The molecule has 20 heavy (non-hydrogen) atoms. The quantitative estimate of drug-likeness (QED) is 0.796. The molecule has 1 aliphatic heterocycles. The number of ether oxygens (including phenoxy) is 1. The predicted octanol–water partition coefficient (Wildman–Crippen LogP) is 2.01. The minimum atomic E-state index is -0.316. The van der Waals surface area contributed by atoms with Crippen molar-refractivity contribution in [2.45, 2.75) is 26.8 Å². The highest BCUT2D eigenvalue weighted by Crippen LogP contribution is 2.31. The molecule has 0 amide bonds. The minimum absolute atomic E-state index is 0.316. The fraction of sp³-hybridized carbons (Fsp3) is 0.714. The maximum atomic E-state index is 11.8. The van der Waals surface area contributed by atoms with Crippen LogP contribution in [0.3, 0.4) is 0 Å². The molecule has 1 saturated heterocycles. The topological polar surface area (TPSA) is 45.7 Å². The molecule has 6 heteroatoms. The fourth-order valence-electron chi connectivity index (χ4n) is 2.68. The molecule has 0 spiro atoms. The Morgan fingerprint density at radius 1 is 1.50 bits per heavy atom. The Bertz CT molecular complexity index is 487. The summed E-state index contributed by atoms with van der Waals surface area (Å²) in [5, 5.41) is 0.932. The van der Waals surface area contributed by atoms with Crippen molar-refractivity contribution in [3.05, 3.63) is 10.6 Å². The zero-order valence-corrected chi connectivity index (χ0v) is 13.7. The average Bonchev–Trinajstić information content (AvgIpc) is 2.93. The molecule has 1 fully saturated rings. The van der Waals surface area contributed by atoms with E-state index in [-0.39, 0.29) is 5.97 Å². The second kappa shape index (κ2) is 6.10. The van der Waals surface area contributed by atoms with E-state index >= 15 is 0 Å². The monoisotopic (exact) mass is 297 g/mol. The smallest absolute Gasteiger partial charge is 0.358 e. The first-order chi connectivity index (χ1) is 9.43. The third-order valence-electron chi connectivity index (χ3n) is 3.76. The number of carbonyl (C=O) groups is 1. The molecule has 0 radical (unpaired) electrons. The van der Waals surface area contributed by atoms with E-state index in [1.54, 1.807) is 11.3 Å². The molecule has 2 rings (SSSR count). The van der Waals surface area contributed by atoms with Crippen molar-refractivity contribution in [2.75, 3.05) is 38.7 Å². The Labute approximate surface area is 124 Å². The molecule has 0 saturated carbocycles. The molecule has 2 atom stereocenters. The van der Waals surface area contributed by atoms with Crippen molar-refractivity contribution in [3.63, 3.8) is 0 Å². The van der Waals surface area contributed by atoms with Gasteiger partial charge < -0.3 is 14.5 Å². The molecule has 1 aromatic heterocycles. The summed E-state index contributed by atoms with van der Waals surface area (Å²) in [5.41, 5.74) is 0.466. The summed E-state index contributed by atoms with van der Waals surface area (Å²) in [5.74, 6) is 0.282. The van der Waals surface area contributed by atoms with Gasteiger partial charge in [-0.15, -0.1) is 11.3 Å². The number of anilines is 1. The van der Waals surface area contributed by atoms with Crippen molar-refractivity contribution in [2.24, 2.45) is 5.92 Å². The van der Waals surface area contributed by atoms with Gasteiger partial charge in [-0.3, -0.25) is 0 Å². The lowest BCUT2D eigenvalue weighted by atomic mass is 10.1. The molecule has 112 valence electrons. The van der Waals surface area contributed by atoms with Gasteiger partial charge in [0, 0.05) is 24.0 Å². The molecule has 5 nitrogen and oxygen atoms in total. The van der Waals surface area contributed by atoms with Crippen LogP contribution in [-0.4, -0.2) is 55.7 Å². The second-order valence-corrected chi connectivity index (χ2v) is 6.72. The van der Waals surface area contributed by atoms with Gasteiger partial charge in [0.1, 0.15) is 0 Å². The Hall–Kier alpha value is -1.14. The molecule has 2 unspecified atom stereocenters. The van der Waals surface area contributed by atoms with Crippen molar-refractivity contribution >= 4 is 22.4 Å². The van der Waals surface area contributed by atoms with E-state index in [4.69, 9.17) is 4.74 Å². The highest BCUT2D eigenvalue weighted by molar-refractivity contribution is 7.15. The summed E-state index contributed by atoms with van der Waals surface area (Å²) in [6.07, 6.45) is 0. The number of aryl methyl sites for hydroxylation is 1. The van der Waals surface area contributed by atoms with Gasteiger partial charge in [0.05, 0.1) is 6.61 Å². The second-order valence-electron chi connectivity index (χ2n) is 5.53. The number of thiazole rings is 1. The highest BCUT2D eigenvalue weighted by Gasteiger charge is 2.33. The van der Waals surface area contributed by atoms with Gasteiger partial charge in [-0.2, -0.15) is 0 Å². The first-order valence-electron chi connectivity index (χ1n) is 7.00. The molecular weight excluding hydrogens is 274 g/mol. The van der Waals surface area contributed by atoms with E-state index in [0.717, 1.165) is 23.1 Å². The van der Waals surface area contributed by atoms with Crippen LogP contribution in [0.15, 0.2) is 0 Å². The SMILES string of the molecule is CCOC(=O)c1nc(N2CC(C)C(N(C)C)C2)sc1C. The van der Waals surface area contributed by atoms with Gasteiger partial charge in [0.15, 0.2) is 10.8 Å². The van der Waals surface area contributed by atoms with E-state index in [0.29, 0.717) is 24.3 Å². The lowest BCUT2D eigenvalue weighted by Crippen LogP contribution is -2.34. The Kier molecular flexibility index (Phi) is 4.65. The Morgan fingerprint density at radius 3 is 2.75 bits per heavy atom. The van der Waals surface area contributed by atoms with Crippen LogP contribution in [0.1, 0.15) is 29.2 Å². The van der Waals surface area contributed by atoms with E-state index in [2.05, 4.69) is 35.8 Å². The summed E-state index contributed by atoms with van der Waals surface area (Å²) < 4.78 is 5.04. The summed E-state index contributed by atoms with van der Waals surface area (Å²) in [6, 6.07) is 0.533. The molecule has 0 bridgehead atoms. The van der Waals surface area contributed by atoms with Gasteiger partial charge >= 0.3 is 5.97 Å². The standard InChI is InChI=1S/C14H23N3O2S/c1-6-19-13(18)12-10(3)20-14(15-12)17-7-9(2)11(8-17)16(4)5/h9,11H,6-8H2,1-5H3. The van der Waals surface area contributed by atoms with Crippen LogP contribution in [0, 0.1) is 12.8 Å². The van der Waals surface area contributed by atoms with Gasteiger partial charge in [-0.05, 0) is 33.9 Å². The average molecular weight is 297 g/mol.